The van der Waals surface area contributed by atoms with E-state index in [4.69, 9.17) is 9.15 Å². The van der Waals surface area contributed by atoms with Gasteiger partial charge in [-0.05, 0) is 26.0 Å². The molecule has 0 amide bonds. The van der Waals surface area contributed by atoms with Gasteiger partial charge >= 0.3 is 5.97 Å². The van der Waals surface area contributed by atoms with E-state index in [1.165, 1.54) is 0 Å². The second kappa shape index (κ2) is 6.91. The molecule has 0 bridgehead atoms. The van der Waals surface area contributed by atoms with Crippen LogP contribution in [0.2, 0.25) is 0 Å². The third-order valence-electron chi connectivity index (χ3n) is 2.22. The maximum atomic E-state index is 11.4. The zero-order chi connectivity index (χ0) is 12.7. The fourth-order valence-corrected chi connectivity index (χ4v) is 1.55. The van der Waals surface area contributed by atoms with Gasteiger partial charge in [0.1, 0.15) is 11.5 Å². The van der Waals surface area contributed by atoms with Crippen molar-refractivity contribution in [1.29, 1.82) is 0 Å². The molecule has 0 saturated heterocycles. The highest BCUT2D eigenvalue weighted by Crippen LogP contribution is 2.09. The summed E-state index contributed by atoms with van der Waals surface area (Å²) in [6.45, 7) is 9.23. The Kier molecular flexibility index (Phi) is 5.49. The second-order valence-electron chi connectivity index (χ2n) is 3.78. The van der Waals surface area contributed by atoms with E-state index in [0.29, 0.717) is 19.7 Å². The third kappa shape index (κ3) is 4.87. The lowest BCUT2D eigenvalue weighted by Gasteiger charge is -2.17. The molecule has 94 valence electrons. The number of carbonyl (C=O) groups is 1. The van der Waals surface area contributed by atoms with Gasteiger partial charge in [0.15, 0.2) is 0 Å². The first-order valence-corrected chi connectivity index (χ1v) is 5.70. The van der Waals surface area contributed by atoms with Crippen molar-refractivity contribution in [1.82, 2.24) is 4.90 Å². The monoisotopic (exact) mass is 237 g/mol. The fraction of sp³-hybridized carbons (Fsp3) is 0.462. The molecule has 4 heteroatoms. The standard InChI is InChI=1S/C13H19NO3/c1-4-8-14(10-13(15)16-5-2)9-12-7-6-11(3)17-12/h4,6-7H,1,5,8-10H2,2-3H3. The van der Waals surface area contributed by atoms with E-state index < -0.39 is 0 Å². The van der Waals surface area contributed by atoms with Crippen LogP contribution >= 0.6 is 0 Å². The van der Waals surface area contributed by atoms with E-state index in [-0.39, 0.29) is 12.5 Å². The molecule has 0 saturated carbocycles. The summed E-state index contributed by atoms with van der Waals surface area (Å²) < 4.78 is 10.4. The molecule has 0 atom stereocenters. The number of ether oxygens (including phenoxy) is 1. The van der Waals surface area contributed by atoms with Crippen molar-refractivity contribution in [2.75, 3.05) is 19.7 Å². The Bertz CT molecular complexity index is 370. The third-order valence-corrected chi connectivity index (χ3v) is 2.22. The molecular formula is C13H19NO3. The van der Waals surface area contributed by atoms with Crippen LogP contribution in [0.1, 0.15) is 18.4 Å². The van der Waals surface area contributed by atoms with E-state index in [0.717, 1.165) is 11.5 Å². The van der Waals surface area contributed by atoms with Crippen LogP contribution in [-0.2, 0) is 16.1 Å². The van der Waals surface area contributed by atoms with Crippen molar-refractivity contribution in [2.24, 2.45) is 0 Å². The summed E-state index contributed by atoms with van der Waals surface area (Å²) in [6.07, 6.45) is 1.76. The number of carbonyl (C=O) groups excluding carboxylic acids is 1. The molecule has 1 rings (SSSR count). The van der Waals surface area contributed by atoms with Crippen LogP contribution in [0.3, 0.4) is 0 Å². The quantitative estimate of drug-likeness (QED) is 0.538. The van der Waals surface area contributed by atoms with Crippen LogP contribution in [0, 0.1) is 6.92 Å². The minimum atomic E-state index is -0.224. The van der Waals surface area contributed by atoms with Gasteiger partial charge in [-0.15, -0.1) is 6.58 Å². The number of furan rings is 1. The van der Waals surface area contributed by atoms with Gasteiger partial charge in [-0.25, -0.2) is 0 Å². The maximum Gasteiger partial charge on any atom is 0.320 e. The molecule has 0 radical (unpaired) electrons. The zero-order valence-electron chi connectivity index (χ0n) is 10.4. The van der Waals surface area contributed by atoms with Crippen molar-refractivity contribution >= 4 is 5.97 Å². The molecular weight excluding hydrogens is 218 g/mol. The highest BCUT2D eigenvalue weighted by Gasteiger charge is 2.12. The lowest BCUT2D eigenvalue weighted by atomic mass is 10.3. The summed E-state index contributed by atoms with van der Waals surface area (Å²) in [4.78, 5) is 13.3. The number of rotatable bonds is 7. The summed E-state index contributed by atoms with van der Waals surface area (Å²) in [5.74, 6) is 1.49. The maximum absolute atomic E-state index is 11.4. The van der Waals surface area contributed by atoms with Gasteiger partial charge in [0.2, 0.25) is 0 Å². The normalized spacial score (nSPS) is 10.5. The molecule has 0 fully saturated rings. The molecule has 1 aromatic rings. The predicted molar refractivity (Wildman–Crippen MR) is 65.6 cm³/mol. The summed E-state index contributed by atoms with van der Waals surface area (Å²) in [6, 6.07) is 3.82. The van der Waals surface area contributed by atoms with Crippen molar-refractivity contribution in [3.8, 4) is 0 Å². The van der Waals surface area contributed by atoms with Gasteiger partial charge < -0.3 is 9.15 Å². The predicted octanol–water partition coefficient (Wildman–Crippen LogP) is 2.14. The highest BCUT2D eigenvalue weighted by molar-refractivity contribution is 5.71. The number of hydrogen-bond donors (Lipinski definition) is 0. The summed E-state index contributed by atoms with van der Waals surface area (Å²) in [5, 5.41) is 0. The van der Waals surface area contributed by atoms with Gasteiger partial charge in [-0.3, -0.25) is 9.69 Å². The SMILES string of the molecule is C=CCN(CC(=O)OCC)Cc1ccc(C)o1. The zero-order valence-corrected chi connectivity index (χ0v) is 10.4. The molecule has 0 aliphatic carbocycles. The Labute approximate surface area is 102 Å². The molecule has 0 aliphatic rings. The van der Waals surface area contributed by atoms with Gasteiger partial charge in [0.05, 0.1) is 19.7 Å². The highest BCUT2D eigenvalue weighted by atomic mass is 16.5. The molecule has 0 aromatic carbocycles. The average molecular weight is 237 g/mol. The first-order chi connectivity index (χ1) is 8.15. The van der Waals surface area contributed by atoms with Crippen LogP contribution in [0.5, 0.6) is 0 Å². The van der Waals surface area contributed by atoms with Gasteiger partial charge in [0, 0.05) is 6.54 Å². The number of hydrogen-bond acceptors (Lipinski definition) is 4. The minimum absolute atomic E-state index is 0.224. The first-order valence-electron chi connectivity index (χ1n) is 5.70. The number of nitrogens with zero attached hydrogens (tertiary/aromatic N) is 1. The van der Waals surface area contributed by atoms with E-state index in [1.807, 2.05) is 24.0 Å². The van der Waals surface area contributed by atoms with Crippen LogP contribution in [0.4, 0.5) is 0 Å². The van der Waals surface area contributed by atoms with Crippen molar-refractivity contribution in [3.63, 3.8) is 0 Å². The molecule has 0 spiro atoms. The molecule has 0 N–H and O–H groups in total. The molecule has 0 unspecified atom stereocenters. The second-order valence-corrected chi connectivity index (χ2v) is 3.78. The Morgan fingerprint density at radius 2 is 2.35 bits per heavy atom. The fourth-order valence-electron chi connectivity index (χ4n) is 1.55. The Morgan fingerprint density at radius 1 is 1.59 bits per heavy atom. The summed E-state index contributed by atoms with van der Waals surface area (Å²) in [7, 11) is 0. The molecule has 4 nitrogen and oxygen atoms in total. The Hall–Kier alpha value is -1.55. The van der Waals surface area contributed by atoms with E-state index in [1.54, 1.807) is 13.0 Å². The first kappa shape index (κ1) is 13.5. The molecule has 1 aromatic heterocycles. The largest absolute Gasteiger partial charge is 0.465 e. The lowest BCUT2D eigenvalue weighted by Crippen LogP contribution is -2.30. The molecule has 17 heavy (non-hydrogen) atoms. The van der Waals surface area contributed by atoms with Crippen molar-refractivity contribution < 1.29 is 13.9 Å². The summed E-state index contributed by atoms with van der Waals surface area (Å²) >= 11 is 0. The molecule has 1 heterocycles. The lowest BCUT2D eigenvalue weighted by molar-refractivity contribution is -0.144. The Balaban J connectivity index is 2.53. The van der Waals surface area contributed by atoms with Crippen LogP contribution < -0.4 is 0 Å². The van der Waals surface area contributed by atoms with Gasteiger partial charge in [-0.2, -0.15) is 0 Å². The van der Waals surface area contributed by atoms with Gasteiger partial charge in [0.25, 0.3) is 0 Å². The minimum Gasteiger partial charge on any atom is -0.465 e. The topological polar surface area (TPSA) is 42.7 Å². The Morgan fingerprint density at radius 3 is 2.88 bits per heavy atom. The van der Waals surface area contributed by atoms with Crippen molar-refractivity contribution in [3.05, 3.63) is 36.3 Å². The average Bonchev–Trinajstić information content (AvgIpc) is 2.64. The van der Waals surface area contributed by atoms with Gasteiger partial charge in [-0.1, -0.05) is 6.08 Å². The van der Waals surface area contributed by atoms with E-state index in [2.05, 4.69) is 6.58 Å². The van der Waals surface area contributed by atoms with Crippen LogP contribution in [0.15, 0.2) is 29.2 Å². The van der Waals surface area contributed by atoms with Crippen LogP contribution in [0.25, 0.3) is 0 Å². The summed E-state index contributed by atoms with van der Waals surface area (Å²) in [5.41, 5.74) is 0. The number of esters is 1. The smallest absolute Gasteiger partial charge is 0.320 e. The van der Waals surface area contributed by atoms with E-state index in [9.17, 15) is 4.79 Å². The number of aryl methyl sites for hydroxylation is 1. The molecule has 0 aliphatic heterocycles. The van der Waals surface area contributed by atoms with Crippen LogP contribution in [-0.4, -0.2) is 30.6 Å². The van der Waals surface area contributed by atoms with Crippen molar-refractivity contribution in [2.45, 2.75) is 20.4 Å². The van der Waals surface area contributed by atoms with E-state index >= 15 is 0 Å².